The molecule has 0 unspecified atom stereocenters. The number of Topliss-reactive ketones (excluding diaryl/α,β-unsaturated/α-hetero) is 1. The number of anilines is 2. The van der Waals surface area contributed by atoms with Crippen LogP contribution in [0.1, 0.15) is 35.7 Å². The molecule has 0 fully saturated rings. The monoisotopic (exact) mass is 344 g/mol. The third-order valence-corrected chi connectivity index (χ3v) is 5.37. The van der Waals surface area contributed by atoms with Gasteiger partial charge in [-0.25, -0.2) is 8.42 Å². The first-order chi connectivity index (χ1) is 11.3. The Bertz CT molecular complexity index is 934. The highest BCUT2D eigenvalue weighted by atomic mass is 32.2. The Labute approximate surface area is 139 Å². The van der Waals surface area contributed by atoms with Crippen molar-refractivity contribution in [1.29, 1.82) is 0 Å². The summed E-state index contributed by atoms with van der Waals surface area (Å²) >= 11 is 0. The maximum Gasteiger partial charge on any atom is 0.261 e. The number of ketones is 1. The van der Waals surface area contributed by atoms with E-state index >= 15 is 0 Å². The lowest BCUT2D eigenvalue weighted by molar-refractivity contribution is -0.116. The van der Waals surface area contributed by atoms with Gasteiger partial charge in [-0.1, -0.05) is 0 Å². The maximum absolute atomic E-state index is 12.5. The SMILES string of the molecule is CC(=O)c1ccc(NS(=O)(=O)c2ccc3c(c2)[C@@H](C)C(=O)N3)cc1. The molecule has 1 atom stereocenters. The van der Waals surface area contributed by atoms with Crippen molar-refractivity contribution in [2.45, 2.75) is 24.7 Å². The fourth-order valence-corrected chi connectivity index (χ4v) is 3.64. The van der Waals surface area contributed by atoms with Gasteiger partial charge < -0.3 is 5.32 Å². The normalized spacial score (nSPS) is 16.4. The Morgan fingerprint density at radius 2 is 1.79 bits per heavy atom. The van der Waals surface area contributed by atoms with Gasteiger partial charge in [0.1, 0.15) is 0 Å². The highest BCUT2D eigenvalue weighted by Crippen LogP contribution is 2.34. The highest BCUT2D eigenvalue weighted by molar-refractivity contribution is 7.92. The second-order valence-electron chi connectivity index (χ2n) is 5.70. The van der Waals surface area contributed by atoms with E-state index in [9.17, 15) is 18.0 Å². The molecule has 1 aliphatic heterocycles. The predicted octanol–water partition coefficient (Wildman–Crippen LogP) is 2.75. The molecule has 7 heteroatoms. The van der Waals surface area contributed by atoms with Crippen LogP contribution >= 0.6 is 0 Å². The van der Waals surface area contributed by atoms with Crippen LogP contribution in [-0.4, -0.2) is 20.1 Å². The van der Waals surface area contributed by atoms with E-state index in [0.29, 0.717) is 22.5 Å². The van der Waals surface area contributed by atoms with Crippen molar-refractivity contribution in [3.63, 3.8) is 0 Å². The molecule has 0 saturated carbocycles. The molecule has 6 nitrogen and oxygen atoms in total. The number of rotatable bonds is 4. The van der Waals surface area contributed by atoms with E-state index in [-0.39, 0.29) is 22.5 Å². The Kier molecular flexibility index (Phi) is 3.88. The highest BCUT2D eigenvalue weighted by Gasteiger charge is 2.28. The third kappa shape index (κ3) is 2.90. The number of carbonyl (C=O) groups is 2. The van der Waals surface area contributed by atoms with E-state index in [2.05, 4.69) is 10.0 Å². The van der Waals surface area contributed by atoms with Crippen molar-refractivity contribution in [1.82, 2.24) is 0 Å². The molecule has 3 rings (SSSR count). The van der Waals surface area contributed by atoms with Gasteiger partial charge in [0, 0.05) is 16.9 Å². The summed E-state index contributed by atoms with van der Waals surface area (Å²) in [6.07, 6.45) is 0. The second kappa shape index (κ2) is 5.76. The second-order valence-corrected chi connectivity index (χ2v) is 7.38. The maximum atomic E-state index is 12.5. The van der Waals surface area contributed by atoms with E-state index < -0.39 is 10.0 Å². The van der Waals surface area contributed by atoms with Crippen LogP contribution in [0, 0.1) is 0 Å². The molecule has 2 aromatic carbocycles. The van der Waals surface area contributed by atoms with E-state index in [1.54, 1.807) is 25.1 Å². The van der Waals surface area contributed by atoms with Gasteiger partial charge in [0.25, 0.3) is 10.0 Å². The Morgan fingerprint density at radius 3 is 2.42 bits per heavy atom. The smallest absolute Gasteiger partial charge is 0.261 e. The van der Waals surface area contributed by atoms with Crippen LogP contribution < -0.4 is 10.0 Å². The van der Waals surface area contributed by atoms with E-state index in [1.807, 2.05) is 0 Å². The fourth-order valence-electron chi connectivity index (χ4n) is 2.55. The largest absolute Gasteiger partial charge is 0.325 e. The molecule has 0 aliphatic carbocycles. The van der Waals surface area contributed by atoms with Crippen molar-refractivity contribution in [2.24, 2.45) is 0 Å². The first kappa shape index (κ1) is 16.2. The van der Waals surface area contributed by atoms with Crippen molar-refractivity contribution >= 4 is 33.1 Å². The summed E-state index contributed by atoms with van der Waals surface area (Å²) in [7, 11) is -3.78. The number of hydrogen-bond acceptors (Lipinski definition) is 4. The first-order valence-electron chi connectivity index (χ1n) is 7.36. The lowest BCUT2D eigenvalue weighted by atomic mass is 10.0. The number of benzene rings is 2. The molecule has 0 spiro atoms. The number of amides is 1. The summed E-state index contributed by atoms with van der Waals surface area (Å²) in [5, 5.41) is 2.71. The van der Waals surface area contributed by atoms with E-state index in [1.165, 1.54) is 31.2 Å². The summed E-state index contributed by atoms with van der Waals surface area (Å²) in [4.78, 5) is 23.0. The van der Waals surface area contributed by atoms with Crippen molar-refractivity contribution in [3.8, 4) is 0 Å². The standard InChI is InChI=1S/C17H16N2O4S/c1-10-15-9-14(7-8-16(15)18-17(10)21)24(22,23)19-13-5-3-12(4-6-13)11(2)20/h3-10,19H,1-2H3,(H,18,21)/t10-/m1/s1. The zero-order chi connectivity index (χ0) is 17.5. The molecule has 0 aromatic heterocycles. The van der Waals surface area contributed by atoms with Crippen LogP contribution in [0.15, 0.2) is 47.4 Å². The van der Waals surface area contributed by atoms with Crippen LogP contribution in [-0.2, 0) is 14.8 Å². The van der Waals surface area contributed by atoms with Crippen LogP contribution in [0.25, 0.3) is 0 Å². The lowest BCUT2D eigenvalue weighted by Gasteiger charge is -2.10. The fraction of sp³-hybridized carbons (Fsp3) is 0.176. The average Bonchev–Trinajstić information content (AvgIpc) is 2.82. The number of sulfonamides is 1. The van der Waals surface area contributed by atoms with Crippen LogP contribution in [0.2, 0.25) is 0 Å². The van der Waals surface area contributed by atoms with Crippen LogP contribution in [0.5, 0.6) is 0 Å². The summed E-state index contributed by atoms with van der Waals surface area (Å²) < 4.78 is 27.5. The minimum absolute atomic E-state index is 0.0836. The zero-order valence-electron chi connectivity index (χ0n) is 13.2. The summed E-state index contributed by atoms with van der Waals surface area (Å²) in [5.41, 5.74) is 2.17. The lowest BCUT2D eigenvalue weighted by Crippen LogP contribution is -2.13. The molecule has 0 bridgehead atoms. The molecule has 1 amide bonds. The summed E-state index contributed by atoms with van der Waals surface area (Å²) in [6.45, 7) is 3.17. The Morgan fingerprint density at radius 1 is 1.12 bits per heavy atom. The van der Waals surface area contributed by atoms with Gasteiger partial charge in [-0.05, 0) is 61.9 Å². The molecule has 0 saturated heterocycles. The Balaban J connectivity index is 1.89. The molecule has 0 radical (unpaired) electrons. The van der Waals surface area contributed by atoms with E-state index in [0.717, 1.165) is 0 Å². The zero-order valence-corrected chi connectivity index (χ0v) is 14.0. The minimum atomic E-state index is -3.78. The molecule has 2 aromatic rings. The Hall–Kier alpha value is -2.67. The topological polar surface area (TPSA) is 92.3 Å². The number of nitrogens with one attached hydrogen (secondary N) is 2. The molecule has 1 heterocycles. The van der Waals surface area contributed by atoms with Gasteiger partial charge >= 0.3 is 0 Å². The van der Waals surface area contributed by atoms with Crippen molar-refractivity contribution in [3.05, 3.63) is 53.6 Å². The van der Waals surface area contributed by atoms with Gasteiger partial charge in [-0.3, -0.25) is 14.3 Å². The van der Waals surface area contributed by atoms with Crippen LogP contribution in [0.4, 0.5) is 11.4 Å². The third-order valence-electron chi connectivity index (χ3n) is 3.99. The first-order valence-corrected chi connectivity index (χ1v) is 8.85. The number of hydrogen-bond donors (Lipinski definition) is 2. The molecule has 1 aliphatic rings. The van der Waals surface area contributed by atoms with E-state index in [4.69, 9.17) is 0 Å². The average molecular weight is 344 g/mol. The minimum Gasteiger partial charge on any atom is -0.325 e. The number of carbonyl (C=O) groups excluding carboxylic acids is 2. The van der Waals surface area contributed by atoms with Crippen molar-refractivity contribution in [2.75, 3.05) is 10.0 Å². The van der Waals surface area contributed by atoms with Gasteiger partial charge in [0.2, 0.25) is 5.91 Å². The quantitative estimate of drug-likeness (QED) is 0.834. The summed E-state index contributed by atoms with van der Waals surface area (Å²) in [5.74, 6) is -0.619. The summed E-state index contributed by atoms with van der Waals surface area (Å²) in [6, 6.07) is 10.7. The van der Waals surface area contributed by atoms with Gasteiger partial charge in [-0.2, -0.15) is 0 Å². The molecular weight excluding hydrogens is 328 g/mol. The predicted molar refractivity (Wildman–Crippen MR) is 90.7 cm³/mol. The van der Waals surface area contributed by atoms with Crippen molar-refractivity contribution < 1.29 is 18.0 Å². The molecular formula is C17H16N2O4S. The molecule has 24 heavy (non-hydrogen) atoms. The van der Waals surface area contributed by atoms with Gasteiger partial charge in [-0.15, -0.1) is 0 Å². The molecule has 124 valence electrons. The van der Waals surface area contributed by atoms with Crippen LogP contribution in [0.3, 0.4) is 0 Å². The van der Waals surface area contributed by atoms with Gasteiger partial charge in [0.15, 0.2) is 5.78 Å². The van der Waals surface area contributed by atoms with Gasteiger partial charge in [0.05, 0.1) is 10.8 Å². The number of fused-ring (bicyclic) bond motifs is 1. The molecule has 2 N–H and O–H groups in total.